The summed E-state index contributed by atoms with van der Waals surface area (Å²) in [4.78, 5) is 13.0. The van der Waals surface area contributed by atoms with Gasteiger partial charge in [-0.2, -0.15) is 0 Å². The summed E-state index contributed by atoms with van der Waals surface area (Å²) in [5.41, 5.74) is 26.8. The third-order valence-electron chi connectivity index (χ3n) is 15.4. The molecule has 330 valence electrons. The number of hydrogen-bond acceptors (Lipinski definition) is 5. The SMILES string of the molecule is CCCCc1ccc2c(c1)B1c3ccc4c5c3N(c3cccc(c31)N2c1ccccc1)c1c(-c2ccccc2)sc(-c2ccccc2)c1N5c1cccc2c1B4c1ccc(I)cc1N2c1ccccc1. The van der Waals surface area contributed by atoms with E-state index in [0.717, 1.165) is 18.5 Å². The summed E-state index contributed by atoms with van der Waals surface area (Å²) in [5.74, 6) is 0. The van der Waals surface area contributed by atoms with Gasteiger partial charge in [-0.25, -0.2) is 0 Å². The monoisotopic (exact) mass is 1020 g/mol. The van der Waals surface area contributed by atoms with E-state index in [9.17, 15) is 0 Å². The number of nitrogens with zero attached hydrogens (tertiary/aromatic N) is 4. The van der Waals surface area contributed by atoms with Crippen molar-refractivity contribution in [2.24, 2.45) is 0 Å². The zero-order valence-corrected chi connectivity index (χ0v) is 41.5. The highest BCUT2D eigenvalue weighted by Gasteiger charge is 2.53. The van der Waals surface area contributed by atoms with Gasteiger partial charge in [0.2, 0.25) is 0 Å². The lowest BCUT2D eigenvalue weighted by Crippen LogP contribution is -2.65. The Hall–Kier alpha value is -7.26. The van der Waals surface area contributed by atoms with Gasteiger partial charge in [0.25, 0.3) is 13.4 Å². The first-order chi connectivity index (χ1) is 34.7. The van der Waals surface area contributed by atoms with Crippen molar-refractivity contribution in [1.82, 2.24) is 0 Å². The van der Waals surface area contributed by atoms with E-state index in [1.165, 1.54) is 132 Å². The van der Waals surface area contributed by atoms with Crippen LogP contribution in [-0.2, 0) is 6.42 Å². The summed E-state index contributed by atoms with van der Waals surface area (Å²) in [7, 11) is 0. The minimum Gasteiger partial charge on any atom is -0.311 e. The predicted octanol–water partition coefficient (Wildman–Crippen LogP) is 13.5. The molecule has 5 aliphatic rings. The highest BCUT2D eigenvalue weighted by Crippen LogP contribution is 2.64. The fraction of sp³-hybridized carbons (Fsp3) is 0.0645. The van der Waals surface area contributed by atoms with Crippen molar-refractivity contribution in [2.45, 2.75) is 26.2 Å². The third-order valence-corrected chi connectivity index (χ3v) is 17.3. The maximum absolute atomic E-state index is 2.72. The van der Waals surface area contributed by atoms with Crippen LogP contribution in [0.4, 0.5) is 68.2 Å². The highest BCUT2D eigenvalue weighted by atomic mass is 127. The van der Waals surface area contributed by atoms with Crippen molar-refractivity contribution in [2.75, 3.05) is 19.6 Å². The van der Waals surface area contributed by atoms with Gasteiger partial charge < -0.3 is 19.6 Å². The van der Waals surface area contributed by atoms with Crippen molar-refractivity contribution < 1.29 is 0 Å². The molecule has 8 heteroatoms. The van der Waals surface area contributed by atoms with Crippen molar-refractivity contribution >= 4 is 148 Å². The smallest absolute Gasteiger partial charge is 0.252 e. The molecule has 0 saturated carbocycles. The summed E-state index contributed by atoms with van der Waals surface area (Å²) >= 11 is 4.43. The van der Waals surface area contributed by atoms with Gasteiger partial charge in [0.05, 0.1) is 32.5 Å². The van der Waals surface area contributed by atoms with Crippen LogP contribution in [0.25, 0.3) is 20.9 Å². The molecule has 15 rings (SSSR count). The normalized spacial score (nSPS) is 13.9. The molecule has 0 fully saturated rings. The first-order valence-electron chi connectivity index (χ1n) is 24.6. The van der Waals surface area contributed by atoms with Crippen molar-refractivity contribution in [3.63, 3.8) is 0 Å². The molecular weight excluding hydrogens is 981 g/mol. The summed E-state index contributed by atoms with van der Waals surface area (Å²) in [6.07, 6.45) is 3.39. The Balaban J connectivity index is 1.09. The van der Waals surface area contributed by atoms with Crippen LogP contribution < -0.4 is 52.4 Å². The topological polar surface area (TPSA) is 13.0 Å². The van der Waals surface area contributed by atoms with Gasteiger partial charge in [0, 0.05) is 49.1 Å². The first-order valence-corrected chi connectivity index (χ1v) is 26.5. The molecule has 1 aromatic heterocycles. The Kier molecular flexibility index (Phi) is 9.06. The predicted molar refractivity (Wildman–Crippen MR) is 308 cm³/mol. The van der Waals surface area contributed by atoms with Gasteiger partial charge in [-0.3, -0.25) is 0 Å². The average Bonchev–Trinajstić information content (AvgIpc) is 3.82. The van der Waals surface area contributed by atoms with Crippen LogP contribution in [0.2, 0.25) is 0 Å². The van der Waals surface area contributed by atoms with Gasteiger partial charge in [-0.05, 0) is 152 Å². The van der Waals surface area contributed by atoms with Crippen LogP contribution in [0.15, 0.2) is 206 Å². The van der Waals surface area contributed by atoms with Gasteiger partial charge in [0.15, 0.2) is 0 Å². The lowest BCUT2D eigenvalue weighted by molar-refractivity contribution is 0.795. The molecule has 0 aliphatic carbocycles. The molecule has 0 amide bonds. The average molecular weight is 1020 g/mol. The second kappa shape index (κ2) is 15.6. The first kappa shape index (κ1) is 40.6. The Morgan fingerprint density at radius 3 is 1.40 bits per heavy atom. The van der Waals surface area contributed by atoms with Gasteiger partial charge in [-0.15, -0.1) is 11.3 Å². The summed E-state index contributed by atoms with van der Waals surface area (Å²) in [5, 5.41) is 0. The summed E-state index contributed by atoms with van der Waals surface area (Å²) in [6.45, 7) is 2.32. The van der Waals surface area contributed by atoms with Gasteiger partial charge in [-0.1, -0.05) is 153 Å². The van der Waals surface area contributed by atoms with E-state index in [4.69, 9.17) is 0 Å². The fourth-order valence-corrected chi connectivity index (χ4v) is 14.3. The third kappa shape index (κ3) is 5.66. The van der Waals surface area contributed by atoms with E-state index < -0.39 is 0 Å². The number of fused-ring (bicyclic) bond motifs is 11. The Morgan fingerprint density at radius 2 is 0.871 bits per heavy atom. The number of hydrogen-bond donors (Lipinski definition) is 0. The molecule has 4 nitrogen and oxygen atoms in total. The molecule has 6 heterocycles. The molecule has 0 bridgehead atoms. The zero-order valence-electron chi connectivity index (χ0n) is 38.5. The standard InChI is InChI=1S/C62H43B2IN4S/c1-2-3-18-39-31-36-49-48(37-39)64-47-35-34-46-57-58(47)69(53-30-16-27-50(56(53)64)66(49)43-23-12-6-13-24-43)60-59(61(40-19-8-4-9-20-40)70-62(60)41-21-10-5-11-22-41)68(57)52-29-17-28-51-55(52)63(46)45-33-32-42(65)38-54(45)67(51)44-25-14-7-15-26-44/h4-17,19-38H,2-3,18H2,1H3. The molecule has 70 heavy (non-hydrogen) atoms. The van der Waals surface area contributed by atoms with Crippen molar-refractivity contribution in [1.29, 1.82) is 0 Å². The minimum absolute atomic E-state index is 0.00566. The second-order valence-corrected chi connectivity index (χ2v) is 21.4. The number of anilines is 12. The maximum Gasteiger partial charge on any atom is 0.252 e. The maximum atomic E-state index is 2.72. The van der Waals surface area contributed by atoms with E-state index in [0.29, 0.717) is 0 Å². The van der Waals surface area contributed by atoms with Crippen LogP contribution in [-0.4, -0.2) is 13.4 Å². The summed E-state index contributed by atoms with van der Waals surface area (Å²) < 4.78 is 1.22. The number of rotatable bonds is 7. The molecule has 0 unspecified atom stereocenters. The van der Waals surface area contributed by atoms with E-state index in [2.05, 4.69) is 255 Å². The van der Waals surface area contributed by atoms with Crippen LogP contribution in [0.1, 0.15) is 25.3 Å². The highest BCUT2D eigenvalue weighted by molar-refractivity contribution is 14.1. The van der Waals surface area contributed by atoms with E-state index in [-0.39, 0.29) is 13.4 Å². The van der Waals surface area contributed by atoms with Crippen molar-refractivity contribution in [3.8, 4) is 20.9 Å². The number of para-hydroxylation sites is 2. The van der Waals surface area contributed by atoms with E-state index >= 15 is 0 Å². The molecule has 0 atom stereocenters. The number of thiophene rings is 1. The van der Waals surface area contributed by atoms with E-state index in [1.807, 2.05) is 11.3 Å². The largest absolute Gasteiger partial charge is 0.311 e. The molecule has 0 N–H and O–H groups in total. The number of benzene rings is 9. The molecule has 9 aromatic carbocycles. The van der Waals surface area contributed by atoms with Gasteiger partial charge >= 0.3 is 0 Å². The molecule has 5 aliphatic heterocycles. The Morgan fingerprint density at radius 1 is 0.400 bits per heavy atom. The molecule has 0 saturated heterocycles. The molecule has 0 radical (unpaired) electrons. The number of halogens is 1. The van der Waals surface area contributed by atoms with Gasteiger partial charge in [0.1, 0.15) is 0 Å². The quantitative estimate of drug-likeness (QED) is 0.116. The molecule has 0 spiro atoms. The fourth-order valence-electron chi connectivity index (χ4n) is 12.6. The number of unbranched alkanes of at least 4 members (excludes halogenated alkanes) is 1. The van der Waals surface area contributed by atoms with Crippen LogP contribution in [0.5, 0.6) is 0 Å². The Bertz CT molecular complexity index is 3770. The van der Waals surface area contributed by atoms with Crippen molar-refractivity contribution in [3.05, 3.63) is 215 Å². The molecule has 10 aromatic rings. The van der Waals surface area contributed by atoms with Crippen LogP contribution in [0, 0.1) is 3.57 Å². The van der Waals surface area contributed by atoms with E-state index in [1.54, 1.807) is 0 Å². The zero-order chi connectivity index (χ0) is 46.2. The Labute approximate surface area is 427 Å². The second-order valence-electron chi connectivity index (χ2n) is 19.1. The summed E-state index contributed by atoms with van der Waals surface area (Å²) in [6, 6.07) is 77.9. The molecular formula is C62H43B2IN4S. The van der Waals surface area contributed by atoms with Crippen LogP contribution >= 0.6 is 33.9 Å². The number of aryl methyl sites for hydroxylation is 1. The lowest BCUT2D eigenvalue weighted by atomic mass is 9.31. The lowest BCUT2D eigenvalue weighted by Gasteiger charge is -2.51. The van der Waals surface area contributed by atoms with Crippen LogP contribution in [0.3, 0.4) is 0 Å². The minimum atomic E-state index is 0.00566.